The summed E-state index contributed by atoms with van der Waals surface area (Å²) >= 11 is 0. The minimum atomic E-state index is -0.532. The number of hydrogen-bond donors (Lipinski definition) is 2. The van der Waals surface area contributed by atoms with Crippen LogP contribution in [0.15, 0.2) is 30.3 Å². The molecule has 1 atom stereocenters. The molecule has 4 heteroatoms. The van der Waals surface area contributed by atoms with Gasteiger partial charge in [-0.05, 0) is 25.5 Å². The van der Waals surface area contributed by atoms with Gasteiger partial charge in [0.05, 0.1) is 23.7 Å². The molecule has 1 aromatic heterocycles. The summed E-state index contributed by atoms with van der Waals surface area (Å²) in [4.78, 5) is 16.2. The largest absolute Gasteiger partial charge is 0.392 e. The first-order valence-corrected chi connectivity index (χ1v) is 6.36. The summed E-state index contributed by atoms with van der Waals surface area (Å²) in [7, 11) is 0. The Hall–Kier alpha value is -1.94. The van der Waals surface area contributed by atoms with Crippen LogP contribution in [-0.2, 0) is 11.2 Å². The number of aliphatic hydroxyl groups is 1. The number of amides is 1. The fraction of sp³-hybridized carbons (Fsp3) is 0.333. The summed E-state index contributed by atoms with van der Waals surface area (Å²) in [6.45, 7) is 3.91. The number of carbonyl (C=O) groups is 1. The van der Waals surface area contributed by atoms with Crippen LogP contribution in [0.25, 0.3) is 10.9 Å². The molecular weight excluding hydrogens is 240 g/mol. The van der Waals surface area contributed by atoms with Crippen LogP contribution < -0.4 is 5.32 Å². The van der Waals surface area contributed by atoms with Crippen LogP contribution in [0.1, 0.15) is 18.2 Å². The van der Waals surface area contributed by atoms with Crippen molar-refractivity contribution in [3.63, 3.8) is 0 Å². The minimum absolute atomic E-state index is 0.124. The summed E-state index contributed by atoms with van der Waals surface area (Å²) in [6, 6.07) is 9.85. The first-order chi connectivity index (χ1) is 9.06. The Morgan fingerprint density at radius 1 is 1.37 bits per heavy atom. The Bertz CT molecular complexity index is 594. The molecule has 1 unspecified atom stereocenters. The molecule has 0 saturated heterocycles. The van der Waals surface area contributed by atoms with Gasteiger partial charge in [0.1, 0.15) is 0 Å². The third-order valence-corrected chi connectivity index (χ3v) is 2.92. The lowest BCUT2D eigenvalue weighted by Crippen LogP contribution is -2.31. The van der Waals surface area contributed by atoms with E-state index in [9.17, 15) is 4.79 Å². The van der Waals surface area contributed by atoms with Crippen molar-refractivity contribution in [1.82, 2.24) is 10.3 Å². The van der Waals surface area contributed by atoms with Gasteiger partial charge in [-0.15, -0.1) is 0 Å². The van der Waals surface area contributed by atoms with Gasteiger partial charge in [0.2, 0.25) is 5.91 Å². The molecule has 4 nitrogen and oxygen atoms in total. The van der Waals surface area contributed by atoms with Crippen molar-refractivity contribution in [2.75, 3.05) is 6.54 Å². The number of nitrogens with one attached hydrogen (secondary N) is 1. The Kier molecular flexibility index (Phi) is 4.12. The predicted molar refractivity (Wildman–Crippen MR) is 74.9 cm³/mol. The molecule has 0 aliphatic carbocycles. The Morgan fingerprint density at radius 3 is 2.89 bits per heavy atom. The van der Waals surface area contributed by atoms with Crippen LogP contribution in [0.3, 0.4) is 0 Å². The topological polar surface area (TPSA) is 62.2 Å². The molecule has 2 rings (SSSR count). The molecule has 0 spiro atoms. The quantitative estimate of drug-likeness (QED) is 0.875. The molecule has 19 heavy (non-hydrogen) atoms. The lowest BCUT2D eigenvalue weighted by molar-refractivity contribution is -0.120. The van der Waals surface area contributed by atoms with E-state index < -0.39 is 6.10 Å². The number of aromatic nitrogens is 1. The fourth-order valence-electron chi connectivity index (χ4n) is 1.92. The van der Waals surface area contributed by atoms with Gasteiger partial charge in [-0.2, -0.15) is 0 Å². The van der Waals surface area contributed by atoms with Crippen LogP contribution in [0.2, 0.25) is 0 Å². The van der Waals surface area contributed by atoms with Crippen molar-refractivity contribution in [3.8, 4) is 0 Å². The van der Waals surface area contributed by atoms with E-state index >= 15 is 0 Å². The first-order valence-electron chi connectivity index (χ1n) is 6.36. The molecule has 2 aromatic rings. The molecule has 0 saturated carbocycles. The van der Waals surface area contributed by atoms with Gasteiger partial charge in [0.15, 0.2) is 0 Å². The number of benzene rings is 1. The predicted octanol–water partition coefficient (Wildman–Crippen LogP) is 1.58. The number of pyridine rings is 1. The number of hydrogen-bond acceptors (Lipinski definition) is 3. The number of carbonyl (C=O) groups excluding carboxylic acids is 1. The smallest absolute Gasteiger partial charge is 0.226 e. The van der Waals surface area contributed by atoms with Crippen LogP contribution in [0, 0.1) is 6.92 Å². The maximum Gasteiger partial charge on any atom is 0.226 e. The third kappa shape index (κ3) is 3.51. The molecule has 0 radical (unpaired) electrons. The number of nitrogens with zero attached hydrogens (tertiary/aromatic N) is 1. The second-order valence-electron chi connectivity index (χ2n) is 4.78. The monoisotopic (exact) mass is 258 g/mol. The first kappa shape index (κ1) is 13.5. The normalized spacial score (nSPS) is 12.4. The molecular formula is C15H18N2O2. The average Bonchev–Trinajstić information content (AvgIpc) is 2.37. The van der Waals surface area contributed by atoms with Crippen molar-refractivity contribution in [1.29, 1.82) is 0 Å². The summed E-state index contributed by atoms with van der Waals surface area (Å²) < 4.78 is 0. The number of rotatable bonds is 4. The highest BCUT2D eigenvalue weighted by atomic mass is 16.3. The van der Waals surface area contributed by atoms with Gasteiger partial charge in [0, 0.05) is 11.9 Å². The van der Waals surface area contributed by atoms with E-state index in [0.29, 0.717) is 0 Å². The summed E-state index contributed by atoms with van der Waals surface area (Å²) in [6.07, 6.45) is -0.299. The maximum absolute atomic E-state index is 11.7. The van der Waals surface area contributed by atoms with Crippen molar-refractivity contribution >= 4 is 16.8 Å². The summed E-state index contributed by atoms with van der Waals surface area (Å²) in [5, 5.41) is 12.9. The van der Waals surface area contributed by atoms with E-state index in [1.807, 2.05) is 37.3 Å². The van der Waals surface area contributed by atoms with Crippen LogP contribution in [0.4, 0.5) is 0 Å². The molecule has 1 heterocycles. The second kappa shape index (κ2) is 5.80. The molecule has 0 aliphatic heterocycles. The molecule has 2 N–H and O–H groups in total. The molecule has 0 fully saturated rings. The van der Waals surface area contributed by atoms with Gasteiger partial charge in [-0.3, -0.25) is 9.78 Å². The molecule has 0 bridgehead atoms. The van der Waals surface area contributed by atoms with Gasteiger partial charge in [-0.1, -0.05) is 24.3 Å². The van der Waals surface area contributed by atoms with Crippen LogP contribution >= 0.6 is 0 Å². The molecule has 1 aromatic carbocycles. The van der Waals surface area contributed by atoms with Crippen molar-refractivity contribution in [2.45, 2.75) is 26.4 Å². The zero-order valence-corrected chi connectivity index (χ0v) is 11.2. The third-order valence-electron chi connectivity index (χ3n) is 2.92. The van der Waals surface area contributed by atoms with Crippen LogP contribution in [-0.4, -0.2) is 28.6 Å². The minimum Gasteiger partial charge on any atom is -0.392 e. The molecule has 100 valence electrons. The van der Waals surface area contributed by atoms with Crippen molar-refractivity contribution < 1.29 is 9.90 Å². The van der Waals surface area contributed by atoms with Crippen LogP contribution in [0.5, 0.6) is 0 Å². The Morgan fingerprint density at radius 2 is 2.16 bits per heavy atom. The maximum atomic E-state index is 11.7. The Labute approximate surface area is 112 Å². The SMILES string of the molecule is Cc1cccc2ccc(CC(=O)NCC(C)O)nc12. The highest BCUT2D eigenvalue weighted by Gasteiger charge is 2.07. The Balaban J connectivity index is 2.13. The zero-order chi connectivity index (χ0) is 13.8. The van der Waals surface area contributed by atoms with Gasteiger partial charge < -0.3 is 10.4 Å². The number of aliphatic hydroxyl groups excluding tert-OH is 1. The van der Waals surface area contributed by atoms with E-state index in [1.165, 1.54) is 0 Å². The molecule has 0 aliphatic rings. The second-order valence-corrected chi connectivity index (χ2v) is 4.78. The average molecular weight is 258 g/mol. The lowest BCUT2D eigenvalue weighted by Gasteiger charge is -2.08. The number of para-hydroxylation sites is 1. The lowest BCUT2D eigenvalue weighted by atomic mass is 10.1. The number of aryl methyl sites for hydroxylation is 1. The van der Waals surface area contributed by atoms with E-state index in [1.54, 1.807) is 6.92 Å². The van der Waals surface area contributed by atoms with Crippen molar-refractivity contribution in [3.05, 3.63) is 41.6 Å². The van der Waals surface area contributed by atoms with Gasteiger partial charge in [0.25, 0.3) is 0 Å². The van der Waals surface area contributed by atoms with E-state index in [0.717, 1.165) is 22.2 Å². The van der Waals surface area contributed by atoms with Gasteiger partial charge >= 0.3 is 0 Å². The van der Waals surface area contributed by atoms with Crippen molar-refractivity contribution in [2.24, 2.45) is 0 Å². The van der Waals surface area contributed by atoms with E-state index in [-0.39, 0.29) is 18.9 Å². The fourth-order valence-corrected chi connectivity index (χ4v) is 1.92. The van der Waals surface area contributed by atoms with Gasteiger partial charge in [-0.25, -0.2) is 0 Å². The zero-order valence-electron chi connectivity index (χ0n) is 11.2. The standard InChI is InChI=1S/C15H18N2O2/c1-10-4-3-5-12-6-7-13(17-15(10)12)8-14(19)16-9-11(2)18/h3-7,11,18H,8-9H2,1-2H3,(H,16,19). The summed E-state index contributed by atoms with van der Waals surface area (Å²) in [5.41, 5.74) is 2.77. The summed E-state index contributed by atoms with van der Waals surface area (Å²) in [5.74, 6) is -0.124. The molecule has 1 amide bonds. The number of fused-ring (bicyclic) bond motifs is 1. The van der Waals surface area contributed by atoms with E-state index in [4.69, 9.17) is 5.11 Å². The highest BCUT2D eigenvalue weighted by Crippen LogP contribution is 2.16. The highest BCUT2D eigenvalue weighted by molar-refractivity contribution is 5.83. The van der Waals surface area contributed by atoms with E-state index in [2.05, 4.69) is 10.3 Å².